The van der Waals surface area contributed by atoms with Crippen molar-refractivity contribution in [1.29, 1.82) is 0 Å². The SMILES string of the molecule is COc1ccc([C@H]2NCCc3c2[nH]c2ccccc32)cc1CN1CCCC[C@H]1c1cccnc1. The van der Waals surface area contributed by atoms with Crippen LogP contribution in [0, 0.1) is 0 Å². The van der Waals surface area contributed by atoms with E-state index in [-0.39, 0.29) is 6.04 Å². The predicted molar refractivity (Wildman–Crippen MR) is 136 cm³/mol. The second-order valence-corrected chi connectivity index (χ2v) is 9.54. The summed E-state index contributed by atoms with van der Waals surface area (Å²) in [4.78, 5) is 10.7. The summed E-state index contributed by atoms with van der Waals surface area (Å²) in [5.41, 5.74) is 7.83. The summed E-state index contributed by atoms with van der Waals surface area (Å²) >= 11 is 0. The number of H-pyrrole nitrogens is 1. The third-order valence-electron chi connectivity index (χ3n) is 7.55. The fourth-order valence-electron chi connectivity index (χ4n) is 5.92. The van der Waals surface area contributed by atoms with Crippen LogP contribution in [0.2, 0.25) is 0 Å². The summed E-state index contributed by atoms with van der Waals surface area (Å²) in [6.07, 6.45) is 8.62. The fraction of sp³-hybridized carbons (Fsp3) is 0.345. The van der Waals surface area contributed by atoms with Crippen LogP contribution in [-0.4, -0.2) is 35.1 Å². The van der Waals surface area contributed by atoms with Gasteiger partial charge < -0.3 is 15.0 Å². The van der Waals surface area contributed by atoms with Gasteiger partial charge in [-0.15, -0.1) is 0 Å². The van der Waals surface area contributed by atoms with E-state index in [1.54, 1.807) is 7.11 Å². The van der Waals surface area contributed by atoms with Gasteiger partial charge in [-0.05, 0) is 66.8 Å². The first kappa shape index (κ1) is 21.4. The Morgan fingerprint density at radius 2 is 2.00 bits per heavy atom. The molecule has 2 N–H and O–H groups in total. The Balaban J connectivity index is 1.34. The van der Waals surface area contributed by atoms with E-state index in [4.69, 9.17) is 4.74 Å². The molecule has 0 unspecified atom stereocenters. The zero-order chi connectivity index (χ0) is 22.9. The summed E-state index contributed by atoms with van der Waals surface area (Å²) in [6, 6.07) is 20.2. The molecule has 5 nitrogen and oxygen atoms in total. The van der Waals surface area contributed by atoms with Crippen molar-refractivity contribution in [2.24, 2.45) is 0 Å². The topological polar surface area (TPSA) is 53.2 Å². The van der Waals surface area contributed by atoms with Crippen molar-refractivity contribution in [3.63, 3.8) is 0 Å². The van der Waals surface area contributed by atoms with Crippen LogP contribution in [0.25, 0.3) is 10.9 Å². The molecule has 34 heavy (non-hydrogen) atoms. The molecule has 6 rings (SSSR count). The standard InChI is InChI=1S/C29H32N4O/c1-34-27-12-11-20(28-29-24(13-15-31-28)23-8-2-3-9-25(23)32-29)17-22(27)19-33-16-5-4-10-26(33)21-7-6-14-30-18-21/h2-3,6-9,11-12,14,17-18,26,28,31-32H,4-5,10,13,15-16,19H2,1H3/t26-,28+/m0/s1. The maximum atomic E-state index is 5.82. The Bertz CT molecular complexity index is 1280. The average Bonchev–Trinajstić information content (AvgIpc) is 3.28. The number of rotatable bonds is 5. The number of para-hydroxylation sites is 1. The van der Waals surface area contributed by atoms with E-state index in [0.717, 1.165) is 31.8 Å². The highest BCUT2D eigenvalue weighted by molar-refractivity contribution is 5.85. The van der Waals surface area contributed by atoms with Gasteiger partial charge in [0.05, 0.1) is 13.2 Å². The van der Waals surface area contributed by atoms with Crippen molar-refractivity contribution < 1.29 is 4.74 Å². The number of ether oxygens (including phenoxy) is 1. The highest BCUT2D eigenvalue weighted by atomic mass is 16.5. The van der Waals surface area contributed by atoms with Gasteiger partial charge >= 0.3 is 0 Å². The van der Waals surface area contributed by atoms with Crippen LogP contribution in [0.4, 0.5) is 0 Å². The Morgan fingerprint density at radius 1 is 1.06 bits per heavy atom. The highest BCUT2D eigenvalue weighted by Gasteiger charge is 2.28. The number of hydrogen-bond donors (Lipinski definition) is 2. The normalized spacial score (nSPS) is 20.9. The number of nitrogens with one attached hydrogen (secondary N) is 2. The minimum atomic E-state index is 0.163. The molecular formula is C29H32N4O. The van der Waals surface area contributed by atoms with Crippen molar-refractivity contribution in [3.8, 4) is 5.75 Å². The fourth-order valence-corrected chi connectivity index (χ4v) is 5.92. The van der Waals surface area contributed by atoms with E-state index in [9.17, 15) is 0 Å². The number of methoxy groups -OCH3 is 1. The lowest BCUT2D eigenvalue weighted by atomic mass is 9.92. The zero-order valence-electron chi connectivity index (χ0n) is 19.8. The van der Waals surface area contributed by atoms with E-state index in [2.05, 4.69) is 74.8 Å². The number of likely N-dealkylation sites (tertiary alicyclic amines) is 1. The molecule has 4 aromatic rings. The van der Waals surface area contributed by atoms with Gasteiger partial charge in [-0.3, -0.25) is 9.88 Å². The summed E-state index contributed by atoms with van der Waals surface area (Å²) in [5, 5.41) is 5.11. The van der Waals surface area contributed by atoms with Crippen molar-refractivity contribution in [1.82, 2.24) is 20.2 Å². The molecule has 2 atom stereocenters. The lowest BCUT2D eigenvalue weighted by Gasteiger charge is -2.36. The molecule has 2 aromatic carbocycles. The van der Waals surface area contributed by atoms with Crippen LogP contribution in [0.1, 0.15) is 59.3 Å². The molecular weight excluding hydrogens is 420 g/mol. The molecule has 5 heteroatoms. The summed E-state index contributed by atoms with van der Waals surface area (Å²) < 4.78 is 5.82. The molecule has 0 bridgehead atoms. The van der Waals surface area contributed by atoms with Gasteiger partial charge in [-0.2, -0.15) is 0 Å². The molecule has 0 radical (unpaired) electrons. The van der Waals surface area contributed by atoms with Gasteiger partial charge in [0, 0.05) is 53.7 Å². The molecule has 0 saturated carbocycles. The number of piperidine rings is 1. The Hall–Kier alpha value is -3.15. The lowest BCUT2D eigenvalue weighted by Crippen LogP contribution is -2.33. The summed E-state index contributed by atoms with van der Waals surface area (Å²) in [6.45, 7) is 2.96. The number of aromatic nitrogens is 2. The van der Waals surface area contributed by atoms with Crippen molar-refractivity contribution >= 4 is 10.9 Å². The van der Waals surface area contributed by atoms with Gasteiger partial charge in [0.2, 0.25) is 0 Å². The average molecular weight is 453 g/mol. The van der Waals surface area contributed by atoms with Crippen molar-refractivity contribution in [3.05, 3.63) is 94.9 Å². The molecule has 2 aliphatic rings. The number of pyridine rings is 1. The molecule has 0 spiro atoms. The second-order valence-electron chi connectivity index (χ2n) is 9.54. The van der Waals surface area contributed by atoms with Crippen molar-refractivity contribution in [2.75, 3.05) is 20.2 Å². The van der Waals surface area contributed by atoms with Gasteiger partial charge in [0.1, 0.15) is 5.75 Å². The molecule has 2 aliphatic heterocycles. The van der Waals surface area contributed by atoms with Crippen LogP contribution in [0.3, 0.4) is 0 Å². The quantitative estimate of drug-likeness (QED) is 0.418. The molecule has 0 aliphatic carbocycles. The number of fused-ring (bicyclic) bond motifs is 3. The Labute approximate surface area is 201 Å². The van der Waals surface area contributed by atoms with Crippen molar-refractivity contribution in [2.45, 2.75) is 44.3 Å². The summed E-state index contributed by atoms with van der Waals surface area (Å²) in [7, 11) is 1.78. The highest BCUT2D eigenvalue weighted by Crippen LogP contribution is 2.37. The van der Waals surface area contributed by atoms with Gasteiger partial charge in [0.15, 0.2) is 0 Å². The first-order chi connectivity index (χ1) is 16.8. The number of benzene rings is 2. The minimum Gasteiger partial charge on any atom is -0.496 e. The molecule has 4 heterocycles. The first-order valence-electron chi connectivity index (χ1n) is 12.5. The van der Waals surface area contributed by atoms with E-state index in [0.29, 0.717) is 6.04 Å². The zero-order valence-corrected chi connectivity index (χ0v) is 19.8. The molecule has 2 aromatic heterocycles. The third-order valence-corrected chi connectivity index (χ3v) is 7.55. The van der Waals surface area contributed by atoms with Gasteiger partial charge in [-0.25, -0.2) is 0 Å². The molecule has 1 saturated heterocycles. The van der Waals surface area contributed by atoms with Crippen LogP contribution >= 0.6 is 0 Å². The van der Waals surface area contributed by atoms with Gasteiger partial charge in [0.25, 0.3) is 0 Å². The Morgan fingerprint density at radius 3 is 2.88 bits per heavy atom. The molecule has 0 amide bonds. The maximum absolute atomic E-state index is 5.82. The first-order valence-corrected chi connectivity index (χ1v) is 12.5. The minimum absolute atomic E-state index is 0.163. The molecule has 174 valence electrons. The number of hydrogen-bond acceptors (Lipinski definition) is 4. The van der Waals surface area contributed by atoms with E-state index in [1.807, 2.05) is 12.4 Å². The largest absolute Gasteiger partial charge is 0.496 e. The predicted octanol–water partition coefficient (Wildman–Crippen LogP) is 5.53. The van der Waals surface area contributed by atoms with Crippen LogP contribution < -0.4 is 10.1 Å². The summed E-state index contributed by atoms with van der Waals surface area (Å²) in [5.74, 6) is 0.965. The molecule has 1 fully saturated rings. The lowest BCUT2D eigenvalue weighted by molar-refractivity contribution is 0.139. The van der Waals surface area contributed by atoms with E-state index >= 15 is 0 Å². The number of aromatic amines is 1. The van der Waals surface area contributed by atoms with Gasteiger partial charge in [-0.1, -0.05) is 36.8 Å². The maximum Gasteiger partial charge on any atom is 0.123 e. The van der Waals surface area contributed by atoms with Crippen LogP contribution in [-0.2, 0) is 13.0 Å². The van der Waals surface area contributed by atoms with Crippen LogP contribution in [0.15, 0.2) is 67.0 Å². The van der Waals surface area contributed by atoms with E-state index in [1.165, 1.54) is 58.1 Å². The monoisotopic (exact) mass is 452 g/mol. The van der Waals surface area contributed by atoms with Crippen LogP contribution in [0.5, 0.6) is 5.75 Å². The smallest absolute Gasteiger partial charge is 0.123 e. The Kier molecular flexibility index (Phi) is 5.81. The van der Waals surface area contributed by atoms with E-state index < -0.39 is 0 Å². The number of nitrogens with zero attached hydrogens (tertiary/aromatic N) is 2. The third kappa shape index (κ3) is 3.89. The second kappa shape index (κ2) is 9.24.